The molecule has 0 aromatic heterocycles. The van der Waals surface area contributed by atoms with Crippen LogP contribution in [0.4, 0.5) is 0 Å². The molecule has 0 aromatic rings. The molecule has 1 aliphatic carbocycles. The molecule has 1 atom stereocenters. The molecule has 1 fully saturated rings. The molecule has 0 saturated heterocycles. The lowest BCUT2D eigenvalue weighted by Gasteiger charge is -2.35. The Balaban J connectivity index is 2.13. The van der Waals surface area contributed by atoms with Gasteiger partial charge in [-0.3, -0.25) is 0 Å². The number of aliphatic hydroxyl groups is 2. The minimum atomic E-state index is -0.578. The van der Waals surface area contributed by atoms with Crippen molar-refractivity contribution >= 4 is 0 Å². The van der Waals surface area contributed by atoms with E-state index in [0.717, 1.165) is 31.6 Å². The van der Waals surface area contributed by atoms with Crippen LogP contribution in [0.1, 0.15) is 46.5 Å². The molecule has 0 aromatic carbocycles. The standard InChI is InChI=1S/C14H29NO3/c1-11(2)18-9-13(16)8-15-10-14(17)6-4-12(3)5-7-14/h11-13,15-17H,4-10H2,1-3H3. The maximum absolute atomic E-state index is 10.3. The molecule has 4 heteroatoms. The Morgan fingerprint density at radius 3 is 2.50 bits per heavy atom. The van der Waals surface area contributed by atoms with Gasteiger partial charge in [0.25, 0.3) is 0 Å². The van der Waals surface area contributed by atoms with E-state index in [1.807, 2.05) is 13.8 Å². The first-order chi connectivity index (χ1) is 8.41. The Kier molecular flexibility index (Phi) is 6.57. The highest BCUT2D eigenvalue weighted by Crippen LogP contribution is 2.31. The van der Waals surface area contributed by atoms with Gasteiger partial charge in [0.05, 0.1) is 24.4 Å². The summed E-state index contributed by atoms with van der Waals surface area (Å²) in [6, 6.07) is 0. The van der Waals surface area contributed by atoms with Crippen LogP contribution in [-0.2, 0) is 4.74 Å². The van der Waals surface area contributed by atoms with Crippen LogP contribution in [0.3, 0.4) is 0 Å². The lowest BCUT2D eigenvalue weighted by Crippen LogP contribution is -2.45. The Bertz CT molecular complexity index is 225. The fraction of sp³-hybridized carbons (Fsp3) is 1.00. The summed E-state index contributed by atoms with van der Waals surface area (Å²) in [5, 5.41) is 23.2. The minimum Gasteiger partial charge on any atom is -0.389 e. The zero-order valence-electron chi connectivity index (χ0n) is 12.0. The van der Waals surface area contributed by atoms with Gasteiger partial charge in [-0.2, -0.15) is 0 Å². The molecule has 1 saturated carbocycles. The Morgan fingerprint density at radius 2 is 1.94 bits per heavy atom. The van der Waals surface area contributed by atoms with Crippen LogP contribution in [0.15, 0.2) is 0 Å². The van der Waals surface area contributed by atoms with Crippen molar-refractivity contribution in [1.82, 2.24) is 5.32 Å². The molecule has 0 bridgehead atoms. The Hall–Kier alpha value is -0.160. The number of hydrogen-bond acceptors (Lipinski definition) is 4. The van der Waals surface area contributed by atoms with E-state index in [2.05, 4.69) is 12.2 Å². The number of aliphatic hydroxyl groups excluding tert-OH is 1. The van der Waals surface area contributed by atoms with E-state index >= 15 is 0 Å². The fourth-order valence-corrected chi connectivity index (χ4v) is 2.31. The van der Waals surface area contributed by atoms with Gasteiger partial charge < -0.3 is 20.3 Å². The largest absolute Gasteiger partial charge is 0.389 e. The topological polar surface area (TPSA) is 61.7 Å². The van der Waals surface area contributed by atoms with Crippen molar-refractivity contribution in [2.75, 3.05) is 19.7 Å². The van der Waals surface area contributed by atoms with Crippen LogP contribution in [0, 0.1) is 5.92 Å². The van der Waals surface area contributed by atoms with Crippen molar-refractivity contribution < 1.29 is 14.9 Å². The molecule has 0 aliphatic heterocycles. The summed E-state index contributed by atoms with van der Waals surface area (Å²) in [6.45, 7) is 7.53. The summed E-state index contributed by atoms with van der Waals surface area (Å²) < 4.78 is 5.33. The average Bonchev–Trinajstić information content (AvgIpc) is 2.31. The molecule has 1 unspecified atom stereocenters. The van der Waals surface area contributed by atoms with E-state index in [1.54, 1.807) is 0 Å². The van der Waals surface area contributed by atoms with Gasteiger partial charge in [0.1, 0.15) is 0 Å². The maximum Gasteiger partial charge on any atom is 0.0897 e. The predicted molar refractivity (Wildman–Crippen MR) is 72.5 cm³/mol. The SMILES string of the molecule is CC1CCC(O)(CNCC(O)COC(C)C)CC1. The Morgan fingerprint density at radius 1 is 1.33 bits per heavy atom. The van der Waals surface area contributed by atoms with Crippen LogP contribution in [0.5, 0.6) is 0 Å². The summed E-state index contributed by atoms with van der Waals surface area (Å²) >= 11 is 0. The smallest absolute Gasteiger partial charge is 0.0897 e. The van der Waals surface area contributed by atoms with Crippen LogP contribution in [0.2, 0.25) is 0 Å². The molecule has 0 heterocycles. The normalized spacial score (nSPS) is 30.7. The highest BCUT2D eigenvalue weighted by Gasteiger charge is 2.31. The van der Waals surface area contributed by atoms with Gasteiger partial charge in [-0.05, 0) is 45.4 Å². The third kappa shape index (κ3) is 6.14. The fourth-order valence-electron chi connectivity index (χ4n) is 2.31. The van der Waals surface area contributed by atoms with E-state index in [9.17, 15) is 10.2 Å². The summed E-state index contributed by atoms with van der Waals surface area (Å²) in [5.41, 5.74) is -0.578. The zero-order chi connectivity index (χ0) is 13.6. The molecule has 3 N–H and O–H groups in total. The van der Waals surface area contributed by atoms with E-state index in [1.165, 1.54) is 0 Å². The van der Waals surface area contributed by atoms with Gasteiger partial charge in [0.2, 0.25) is 0 Å². The Labute approximate surface area is 111 Å². The van der Waals surface area contributed by atoms with Crippen LogP contribution in [0.25, 0.3) is 0 Å². The van der Waals surface area contributed by atoms with Crippen LogP contribution in [-0.4, -0.2) is 47.7 Å². The van der Waals surface area contributed by atoms with Gasteiger partial charge in [-0.25, -0.2) is 0 Å². The van der Waals surface area contributed by atoms with E-state index in [4.69, 9.17) is 4.74 Å². The third-order valence-corrected chi connectivity index (χ3v) is 3.66. The van der Waals surface area contributed by atoms with Crippen molar-refractivity contribution in [2.45, 2.75) is 64.3 Å². The van der Waals surface area contributed by atoms with Crippen molar-refractivity contribution in [3.63, 3.8) is 0 Å². The molecular weight excluding hydrogens is 230 g/mol. The molecule has 4 nitrogen and oxygen atoms in total. The first-order valence-electron chi connectivity index (χ1n) is 7.14. The summed E-state index contributed by atoms with van der Waals surface area (Å²) in [7, 11) is 0. The van der Waals surface area contributed by atoms with Gasteiger partial charge in [-0.15, -0.1) is 0 Å². The third-order valence-electron chi connectivity index (χ3n) is 3.66. The first kappa shape index (κ1) is 15.9. The van der Waals surface area contributed by atoms with Gasteiger partial charge in [0.15, 0.2) is 0 Å². The van der Waals surface area contributed by atoms with Gasteiger partial charge >= 0.3 is 0 Å². The second-order valence-corrected chi connectivity index (χ2v) is 6.07. The summed E-state index contributed by atoms with van der Waals surface area (Å²) in [6.07, 6.45) is 3.55. The number of nitrogens with one attached hydrogen (secondary N) is 1. The molecule has 1 rings (SSSR count). The molecule has 18 heavy (non-hydrogen) atoms. The second-order valence-electron chi connectivity index (χ2n) is 6.07. The molecule has 1 aliphatic rings. The van der Waals surface area contributed by atoms with Crippen molar-refractivity contribution in [3.05, 3.63) is 0 Å². The molecule has 0 amide bonds. The number of ether oxygens (including phenoxy) is 1. The average molecular weight is 259 g/mol. The number of hydrogen-bond donors (Lipinski definition) is 3. The van der Waals surface area contributed by atoms with Crippen LogP contribution < -0.4 is 5.32 Å². The van der Waals surface area contributed by atoms with Gasteiger partial charge in [-0.1, -0.05) is 6.92 Å². The van der Waals surface area contributed by atoms with Crippen molar-refractivity contribution in [2.24, 2.45) is 5.92 Å². The minimum absolute atomic E-state index is 0.142. The monoisotopic (exact) mass is 259 g/mol. The van der Waals surface area contributed by atoms with Crippen LogP contribution >= 0.6 is 0 Å². The van der Waals surface area contributed by atoms with Gasteiger partial charge in [0, 0.05) is 13.1 Å². The van der Waals surface area contributed by atoms with Crippen molar-refractivity contribution in [3.8, 4) is 0 Å². The molecular formula is C14H29NO3. The summed E-state index contributed by atoms with van der Waals surface area (Å²) in [4.78, 5) is 0. The molecule has 0 radical (unpaired) electrons. The molecule has 108 valence electrons. The summed E-state index contributed by atoms with van der Waals surface area (Å²) in [5.74, 6) is 0.732. The zero-order valence-corrected chi connectivity index (χ0v) is 12.0. The number of rotatable bonds is 7. The quantitative estimate of drug-likeness (QED) is 0.645. The lowest BCUT2D eigenvalue weighted by molar-refractivity contribution is -0.0164. The highest BCUT2D eigenvalue weighted by atomic mass is 16.5. The predicted octanol–water partition coefficient (Wildman–Crippen LogP) is 1.30. The lowest BCUT2D eigenvalue weighted by atomic mass is 9.79. The maximum atomic E-state index is 10.3. The second kappa shape index (κ2) is 7.43. The van der Waals surface area contributed by atoms with E-state index < -0.39 is 11.7 Å². The van der Waals surface area contributed by atoms with E-state index in [0.29, 0.717) is 19.7 Å². The van der Waals surface area contributed by atoms with E-state index in [-0.39, 0.29) is 6.10 Å². The first-order valence-corrected chi connectivity index (χ1v) is 7.14. The molecule has 0 spiro atoms. The van der Waals surface area contributed by atoms with Crippen molar-refractivity contribution in [1.29, 1.82) is 0 Å². The highest BCUT2D eigenvalue weighted by molar-refractivity contribution is 4.86.